The fraction of sp³-hybridized carbons (Fsp3) is 0.556. The van der Waals surface area contributed by atoms with Gasteiger partial charge in [0.2, 0.25) is 0 Å². The van der Waals surface area contributed by atoms with Crippen molar-refractivity contribution in [1.82, 2.24) is 4.68 Å². The number of hydrogen-bond acceptors (Lipinski definition) is 1. The van der Waals surface area contributed by atoms with Crippen molar-refractivity contribution in [3.8, 4) is 0 Å². The summed E-state index contributed by atoms with van der Waals surface area (Å²) < 4.78 is 2.13. The zero-order valence-electron chi connectivity index (χ0n) is 7.52. The van der Waals surface area contributed by atoms with E-state index in [1.54, 1.807) is 0 Å². The van der Waals surface area contributed by atoms with Crippen molar-refractivity contribution in [3.05, 3.63) is 23.5 Å². The van der Waals surface area contributed by atoms with Gasteiger partial charge in [-0.15, -0.1) is 0 Å². The Bertz CT molecular complexity index is 206. The molecule has 0 fully saturated rings. The van der Waals surface area contributed by atoms with E-state index in [4.69, 9.17) is 0 Å². The van der Waals surface area contributed by atoms with Crippen molar-refractivity contribution in [3.63, 3.8) is 0 Å². The Morgan fingerprint density at radius 1 is 1.27 bits per heavy atom. The van der Waals surface area contributed by atoms with Crippen LogP contribution in [0.3, 0.4) is 0 Å². The van der Waals surface area contributed by atoms with Crippen LogP contribution in [0.5, 0.6) is 0 Å². The fourth-order valence-electron chi connectivity index (χ4n) is 1.14. The molecule has 2 nitrogen and oxygen atoms in total. The van der Waals surface area contributed by atoms with Gasteiger partial charge in [0, 0.05) is 17.9 Å². The first kappa shape index (κ1) is 8.18. The zero-order valence-corrected chi connectivity index (χ0v) is 7.52. The molecule has 0 saturated heterocycles. The third kappa shape index (κ3) is 1.76. The molecule has 11 heavy (non-hydrogen) atoms. The fourth-order valence-corrected chi connectivity index (χ4v) is 1.14. The third-order valence-electron chi connectivity index (χ3n) is 1.79. The SMILES string of the molecule is CCCNn1c(C)ccc1C. The van der Waals surface area contributed by atoms with E-state index in [9.17, 15) is 0 Å². The number of hydrogen-bond donors (Lipinski definition) is 1. The van der Waals surface area contributed by atoms with Gasteiger partial charge in [0.05, 0.1) is 0 Å². The monoisotopic (exact) mass is 152 g/mol. The van der Waals surface area contributed by atoms with Crippen molar-refractivity contribution in [2.75, 3.05) is 12.0 Å². The van der Waals surface area contributed by atoms with Gasteiger partial charge in [-0.25, -0.2) is 0 Å². The Labute approximate surface area is 68.2 Å². The van der Waals surface area contributed by atoms with E-state index >= 15 is 0 Å². The lowest BCUT2D eigenvalue weighted by atomic mass is 10.5. The molecular formula is C9H16N2. The van der Waals surface area contributed by atoms with Gasteiger partial charge >= 0.3 is 0 Å². The van der Waals surface area contributed by atoms with Crippen molar-refractivity contribution < 1.29 is 0 Å². The second kappa shape index (κ2) is 3.46. The first-order valence-corrected chi connectivity index (χ1v) is 4.14. The number of nitrogens with zero attached hydrogens (tertiary/aromatic N) is 1. The summed E-state index contributed by atoms with van der Waals surface area (Å²) in [6.07, 6.45) is 1.16. The number of aromatic nitrogens is 1. The van der Waals surface area contributed by atoms with E-state index in [-0.39, 0.29) is 0 Å². The van der Waals surface area contributed by atoms with E-state index in [1.165, 1.54) is 11.4 Å². The summed E-state index contributed by atoms with van der Waals surface area (Å²) in [6, 6.07) is 4.25. The lowest BCUT2D eigenvalue weighted by Crippen LogP contribution is -2.17. The third-order valence-corrected chi connectivity index (χ3v) is 1.79. The molecule has 0 unspecified atom stereocenters. The lowest BCUT2D eigenvalue weighted by Gasteiger charge is -2.10. The molecule has 0 atom stereocenters. The second-order valence-corrected chi connectivity index (χ2v) is 2.86. The van der Waals surface area contributed by atoms with Crippen LogP contribution in [0.15, 0.2) is 12.1 Å². The van der Waals surface area contributed by atoms with Crippen molar-refractivity contribution >= 4 is 0 Å². The van der Waals surface area contributed by atoms with Crippen LogP contribution in [0.2, 0.25) is 0 Å². The van der Waals surface area contributed by atoms with Gasteiger partial charge in [0.25, 0.3) is 0 Å². The van der Waals surface area contributed by atoms with Gasteiger partial charge < -0.3 is 5.43 Å². The molecule has 0 aliphatic rings. The highest BCUT2D eigenvalue weighted by Gasteiger charge is 1.97. The van der Waals surface area contributed by atoms with Gasteiger partial charge in [0.1, 0.15) is 0 Å². The van der Waals surface area contributed by atoms with Gasteiger partial charge in [-0.3, -0.25) is 4.68 Å². The van der Waals surface area contributed by atoms with Gasteiger partial charge in [0.15, 0.2) is 0 Å². The first-order valence-electron chi connectivity index (χ1n) is 4.14. The molecule has 0 bridgehead atoms. The smallest absolute Gasteiger partial charge is 0.0366 e. The Balaban J connectivity index is 2.67. The molecule has 1 aromatic heterocycles. The van der Waals surface area contributed by atoms with E-state index in [0.29, 0.717) is 0 Å². The highest BCUT2D eigenvalue weighted by Crippen LogP contribution is 2.03. The summed E-state index contributed by atoms with van der Waals surface area (Å²) in [6.45, 7) is 7.42. The summed E-state index contributed by atoms with van der Waals surface area (Å²) in [7, 11) is 0. The number of nitrogens with one attached hydrogen (secondary N) is 1. The maximum absolute atomic E-state index is 3.33. The van der Waals surface area contributed by atoms with E-state index < -0.39 is 0 Å². The molecule has 62 valence electrons. The Hall–Kier alpha value is -0.920. The maximum atomic E-state index is 3.33. The second-order valence-electron chi connectivity index (χ2n) is 2.86. The summed E-state index contributed by atoms with van der Waals surface area (Å²) in [4.78, 5) is 0. The first-order chi connectivity index (χ1) is 5.25. The summed E-state index contributed by atoms with van der Waals surface area (Å²) >= 11 is 0. The molecule has 0 amide bonds. The zero-order chi connectivity index (χ0) is 8.27. The molecule has 1 aromatic rings. The van der Waals surface area contributed by atoms with E-state index in [2.05, 4.69) is 43.0 Å². The molecule has 0 spiro atoms. The van der Waals surface area contributed by atoms with Crippen LogP contribution in [-0.4, -0.2) is 11.2 Å². The average Bonchev–Trinajstić information content (AvgIpc) is 2.29. The van der Waals surface area contributed by atoms with Crippen molar-refractivity contribution in [1.29, 1.82) is 0 Å². The highest BCUT2D eigenvalue weighted by molar-refractivity contribution is 5.15. The predicted octanol–water partition coefficient (Wildman–Crippen LogP) is 2.06. The Morgan fingerprint density at radius 3 is 2.27 bits per heavy atom. The quantitative estimate of drug-likeness (QED) is 0.701. The van der Waals surface area contributed by atoms with Gasteiger partial charge in [-0.2, -0.15) is 0 Å². The van der Waals surface area contributed by atoms with E-state index in [0.717, 1.165) is 13.0 Å². The molecule has 0 saturated carbocycles. The Morgan fingerprint density at radius 2 is 1.82 bits per heavy atom. The average molecular weight is 152 g/mol. The molecule has 0 aliphatic carbocycles. The molecule has 0 radical (unpaired) electrons. The van der Waals surface area contributed by atoms with Crippen molar-refractivity contribution in [2.24, 2.45) is 0 Å². The van der Waals surface area contributed by atoms with Crippen molar-refractivity contribution in [2.45, 2.75) is 27.2 Å². The normalized spacial score (nSPS) is 10.1. The summed E-state index contributed by atoms with van der Waals surface area (Å²) in [5.41, 5.74) is 5.88. The largest absolute Gasteiger partial charge is 0.326 e. The van der Waals surface area contributed by atoms with Gasteiger partial charge in [-0.05, 0) is 32.4 Å². The predicted molar refractivity (Wildman–Crippen MR) is 48.4 cm³/mol. The molecular weight excluding hydrogens is 136 g/mol. The minimum atomic E-state index is 1.04. The molecule has 0 aliphatic heterocycles. The Kier molecular flexibility index (Phi) is 2.58. The van der Waals surface area contributed by atoms with E-state index in [1.807, 2.05) is 0 Å². The maximum Gasteiger partial charge on any atom is 0.0366 e. The number of aryl methyl sites for hydroxylation is 2. The molecule has 1 rings (SSSR count). The lowest BCUT2D eigenvalue weighted by molar-refractivity contribution is 0.771. The summed E-state index contributed by atoms with van der Waals surface area (Å²) in [5, 5.41) is 0. The minimum absolute atomic E-state index is 1.04. The van der Waals surface area contributed by atoms with Crippen LogP contribution in [0, 0.1) is 13.8 Å². The van der Waals surface area contributed by atoms with Crippen LogP contribution in [0.1, 0.15) is 24.7 Å². The van der Waals surface area contributed by atoms with Crippen LogP contribution in [-0.2, 0) is 0 Å². The number of rotatable bonds is 3. The van der Waals surface area contributed by atoms with Gasteiger partial charge in [-0.1, -0.05) is 6.92 Å². The highest BCUT2D eigenvalue weighted by atomic mass is 15.4. The van der Waals surface area contributed by atoms with Crippen LogP contribution in [0.25, 0.3) is 0 Å². The van der Waals surface area contributed by atoms with Crippen LogP contribution < -0.4 is 5.43 Å². The van der Waals surface area contributed by atoms with Crippen LogP contribution in [0.4, 0.5) is 0 Å². The molecule has 1 heterocycles. The topological polar surface area (TPSA) is 17.0 Å². The standard InChI is InChI=1S/C9H16N2/c1-4-7-10-11-8(2)5-6-9(11)3/h5-6,10H,4,7H2,1-3H3. The van der Waals surface area contributed by atoms with Crippen LogP contribution >= 0.6 is 0 Å². The summed E-state index contributed by atoms with van der Waals surface area (Å²) in [5.74, 6) is 0. The molecule has 0 aromatic carbocycles. The molecule has 2 heteroatoms. The minimum Gasteiger partial charge on any atom is -0.326 e. The molecule has 1 N–H and O–H groups in total.